The van der Waals surface area contributed by atoms with Gasteiger partial charge in [0, 0.05) is 8.95 Å². The predicted molar refractivity (Wildman–Crippen MR) is 110 cm³/mol. The second kappa shape index (κ2) is 7.27. The molecule has 2 aliphatic heterocycles. The Bertz CT molecular complexity index is 944. The highest BCUT2D eigenvalue weighted by molar-refractivity contribution is 9.10. The summed E-state index contributed by atoms with van der Waals surface area (Å²) in [6.45, 7) is 0. The van der Waals surface area contributed by atoms with Crippen molar-refractivity contribution in [3.05, 3.63) is 68.6 Å². The van der Waals surface area contributed by atoms with Crippen LogP contribution in [0, 0.1) is 5.41 Å². The fraction of sp³-hybridized carbons (Fsp3) is 0.158. The van der Waals surface area contributed by atoms with Gasteiger partial charge in [0.1, 0.15) is 0 Å². The average Bonchev–Trinajstić information content (AvgIpc) is 2.67. The summed E-state index contributed by atoms with van der Waals surface area (Å²) >= 11 is 6.70. The molecule has 10 heteroatoms. The maximum Gasteiger partial charge on any atom is 0.328 e. The van der Waals surface area contributed by atoms with E-state index in [0.717, 1.165) is 8.95 Å². The minimum absolute atomic E-state index is 0.533. The van der Waals surface area contributed by atoms with Gasteiger partial charge in [-0.05, 0) is 35.4 Å². The molecule has 1 spiro atoms. The number of barbiturate groups is 1. The fourth-order valence-electron chi connectivity index (χ4n) is 3.77. The van der Waals surface area contributed by atoms with Gasteiger partial charge in [-0.1, -0.05) is 56.1 Å². The molecule has 0 radical (unpaired) electrons. The van der Waals surface area contributed by atoms with Crippen molar-refractivity contribution in [2.24, 2.45) is 5.41 Å². The van der Waals surface area contributed by atoms with Crippen molar-refractivity contribution in [3.63, 3.8) is 0 Å². The number of hydrogen-bond donors (Lipinski definition) is 4. The van der Waals surface area contributed by atoms with E-state index >= 15 is 0 Å². The molecule has 148 valence electrons. The first-order valence-corrected chi connectivity index (χ1v) is 10.2. The third-order valence-corrected chi connectivity index (χ3v) is 6.13. The number of urea groups is 2. The molecule has 2 atom stereocenters. The number of rotatable bonds is 2. The van der Waals surface area contributed by atoms with Gasteiger partial charge < -0.3 is 10.6 Å². The zero-order chi connectivity index (χ0) is 20.8. The van der Waals surface area contributed by atoms with Crippen LogP contribution in [0.5, 0.6) is 0 Å². The van der Waals surface area contributed by atoms with Crippen molar-refractivity contribution in [1.29, 1.82) is 0 Å². The van der Waals surface area contributed by atoms with Gasteiger partial charge in [-0.2, -0.15) is 0 Å². The standard InChI is InChI=1S/C19H14Br2N4O4/c20-11-5-1-9(2-6-11)13-19(15(26)24-18(29)25-16(19)27)14(23-17(28)22-13)10-3-7-12(21)8-4-10/h1-8,13-14H,(H2,22,23,28)(H2,24,25,26,27,29). The molecule has 2 saturated heterocycles. The minimum atomic E-state index is -1.83. The van der Waals surface area contributed by atoms with Crippen LogP contribution in [0.3, 0.4) is 0 Å². The smallest absolute Gasteiger partial charge is 0.328 e. The zero-order valence-corrected chi connectivity index (χ0v) is 17.8. The van der Waals surface area contributed by atoms with Crippen LogP contribution in [0.15, 0.2) is 57.5 Å². The van der Waals surface area contributed by atoms with Gasteiger partial charge in [0.15, 0.2) is 5.41 Å². The molecule has 29 heavy (non-hydrogen) atoms. The highest BCUT2D eigenvalue weighted by Crippen LogP contribution is 2.48. The predicted octanol–water partition coefficient (Wildman–Crippen LogP) is 2.66. The van der Waals surface area contributed by atoms with E-state index in [1.54, 1.807) is 48.5 Å². The van der Waals surface area contributed by atoms with Crippen LogP contribution in [0.4, 0.5) is 9.59 Å². The topological polar surface area (TPSA) is 116 Å². The van der Waals surface area contributed by atoms with Crippen LogP contribution in [0.25, 0.3) is 0 Å². The lowest BCUT2D eigenvalue weighted by atomic mass is 9.65. The van der Waals surface area contributed by atoms with Crippen LogP contribution in [0.2, 0.25) is 0 Å². The Labute approximate surface area is 182 Å². The van der Waals surface area contributed by atoms with Crippen molar-refractivity contribution >= 4 is 55.7 Å². The maximum atomic E-state index is 13.2. The number of imide groups is 2. The van der Waals surface area contributed by atoms with Gasteiger partial charge >= 0.3 is 12.1 Å². The van der Waals surface area contributed by atoms with E-state index < -0.39 is 41.4 Å². The monoisotopic (exact) mass is 520 g/mol. The van der Waals surface area contributed by atoms with Gasteiger partial charge in [-0.25, -0.2) is 9.59 Å². The van der Waals surface area contributed by atoms with E-state index in [-0.39, 0.29) is 0 Å². The van der Waals surface area contributed by atoms with Gasteiger partial charge in [-0.15, -0.1) is 0 Å². The fourth-order valence-corrected chi connectivity index (χ4v) is 4.30. The molecule has 0 aromatic heterocycles. The number of benzene rings is 2. The van der Waals surface area contributed by atoms with Crippen molar-refractivity contribution in [1.82, 2.24) is 21.3 Å². The first-order valence-electron chi connectivity index (χ1n) is 8.57. The Morgan fingerprint density at radius 2 is 1.00 bits per heavy atom. The quantitative estimate of drug-likeness (QED) is 0.454. The summed E-state index contributed by atoms with van der Waals surface area (Å²) in [5.74, 6) is -1.58. The van der Waals surface area contributed by atoms with Crippen LogP contribution in [-0.4, -0.2) is 23.9 Å². The molecule has 2 aromatic carbocycles. The molecule has 2 unspecified atom stereocenters. The second-order valence-electron chi connectivity index (χ2n) is 6.69. The number of carbonyl (C=O) groups is 4. The van der Waals surface area contributed by atoms with Crippen LogP contribution in [-0.2, 0) is 9.59 Å². The lowest BCUT2D eigenvalue weighted by Crippen LogP contribution is -2.73. The van der Waals surface area contributed by atoms with E-state index in [9.17, 15) is 19.2 Å². The Hall–Kier alpha value is -2.72. The summed E-state index contributed by atoms with van der Waals surface area (Å²) in [4.78, 5) is 50.7. The molecule has 2 heterocycles. The number of carbonyl (C=O) groups excluding carboxylic acids is 4. The molecule has 6 amide bonds. The van der Waals surface area contributed by atoms with Crippen LogP contribution < -0.4 is 21.3 Å². The number of nitrogens with one attached hydrogen (secondary N) is 4. The minimum Gasteiger partial charge on any atom is -0.330 e. The molecule has 0 saturated carbocycles. The van der Waals surface area contributed by atoms with Crippen LogP contribution >= 0.6 is 31.9 Å². The molecule has 2 aromatic rings. The number of hydrogen-bond acceptors (Lipinski definition) is 4. The summed E-state index contributed by atoms with van der Waals surface area (Å²) in [5.41, 5.74) is -0.738. The number of amides is 6. The van der Waals surface area contributed by atoms with Crippen molar-refractivity contribution < 1.29 is 19.2 Å². The average molecular weight is 522 g/mol. The third-order valence-electron chi connectivity index (χ3n) is 5.07. The molecule has 2 fully saturated rings. The molecule has 4 N–H and O–H groups in total. The normalized spacial score (nSPS) is 23.1. The maximum absolute atomic E-state index is 13.2. The molecule has 2 aliphatic rings. The summed E-state index contributed by atoms with van der Waals surface area (Å²) < 4.78 is 1.60. The van der Waals surface area contributed by atoms with Crippen molar-refractivity contribution in [3.8, 4) is 0 Å². The lowest BCUT2D eigenvalue weighted by molar-refractivity contribution is -0.150. The Balaban J connectivity index is 1.93. The highest BCUT2D eigenvalue weighted by atomic mass is 79.9. The van der Waals surface area contributed by atoms with Crippen LogP contribution in [0.1, 0.15) is 23.2 Å². The molecule has 4 rings (SSSR count). The summed E-state index contributed by atoms with van der Waals surface area (Å²) in [7, 11) is 0. The number of halogens is 2. The van der Waals surface area contributed by atoms with Gasteiger partial charge in [-0.3, -0.25) is 20.2 Å². The SMILES string of the molecule is O=C1NC(=O)C2(C(=O)N1)C(c1ccc(Br)cc1)NC(=O)NC2c1ccc(Br)cc1. The second-order valence-corrected chi connectivity index (χ2v) is 8.52. The molecule has 0 aliphatic carbocycles. The lowest BCUT2D eigenvalue weighted by Gasteiger charge is -2.48. The van der Waals surface area contributed by atoms with Gasteiger partial charge in [0.2, 0.25) is 11.8 Å². The van der Waals surface area contributed by atoms with Gasteiger partial charge in [0.05, 0.1) is 12.1 Å². The molecule has 0 bridgehead atoms. The van der Waals surface area contributed by atoms with E-state index in [1.165, 1.54) is 0 Å². The molecular formula is C19H14Br2N4O4. The highest BCUT2D eigenvalue weighted by Gasteiger charge is 2.64. The van der Waals surface area contributed by atoms with Crippen molar-refractivity contribution in [2.75, 3.05) is 0 Å². The third kappa shape index (κ3) is 3.22. The summed E-state index contributed by atoms with van der Waals surface area (Å²) in [5, 5.41) is 9.76. The Kier molecular flexibility index (Phi) is 4.91. The first-order chi connectivity index (χ1) is 13.8. The first kappa shape index (κ1) is 19.6. The Morgan fingerprint density at radius 1 is 0.621 bits per heavy atom. The zero-order valence-electron chi connectivity index (χ0n) is 14.7. The van der Waals surface area contributed by atoms with Gasteiger partial charge in [0.25, 0.3) is 0 Å². The van der Waals surface area contributed by atoms with E-state index in [1.807, 2.05) is 0 Å². The summed E-state index contributed by atoms with van der Waals surface area (Å²) in [6, 6.07) is 10.4. The molecule has 8 nitrogen and oxygen atoms in total. The van der Waals surface area contributed by atoms with E-state index in [2.05, 4.69) is 53.1 Å². The summed E-state index contributed by atoms with van der Waals surface area (Å²) in [6.07, 6.45) is 0. The van der Waals surface area contributed by atoms with Crippen molar-refractivity contribution in [2.45, 2.75) is 12.1 Å². The largest absolute Gasteiger partial charge is 0.330 e. The molecular weight excluding hydrogens is 508 g/mol. The van der Waals surface area contributed by atoms with E-state index in [4.69, 9.17) is 0 Å². The Morgan fingerprint density at radius 3 is 1.38 bits per heavy atom. The van der Waals surface area contributed by atoms with E-state index in [0.29, 0.717) is 11.1 Å².